The van der Waals surface area contributed by atoms with Crippen LogP contribution in [0.3, 0.4) is 0 Å². The summed E-state index contributed by atoms with van der Waals surface area (Å²) in [5.74, 6) is 1.03. The SMILES string of the molecule is CC(c1cn[nH]c1)N1CC2C(CN(Cc3cccc(OC(F)(F)F)c3)C(=O)Oc3cn(C)cn3)C2C1. The average molecular weight is 505 g/mol. The number of ether oxygens (including phenoxy) is 2. The molecule has 192 valence electrons. The highest BCUT2D eigenvalue weighted by molar-refractivity contribution is 5.70. The lowest BCUT2D eigenvalue weighted by molar-refractivity contribution is -0.274. The number of piperidine rings is 1. The van der Waals surface area contributed by atoms with E-state index < -0.39 is 12.5 Å². The molecule has 2 fully saturated rings. The first-order valence-corrected chi connectivity index (χ1v) is 11.7. The van der Waals surface area contributed by atoms with Crippen LogP contribution in [0.15, 0.2) is 49.2 Å². The van der Waals surface area contributed by atoms with E-state index in [1.165, 1.54) is 29.4 Å². The molecule has 3 unspecified atom stereocenters. The number of carbonyl (C=O) groups excluding carboxylic acids is 1. The van der Waals surface area contributed by atoms with E-state index in [1.54, 1.807) is 23.9 Å². The largest absolute Gasteiger partial charge is 0.573 e. The Labute approximate surface area is 205 Å². The number of fused-ring (bicyclic) bond motifs is 1. The van der Waals surface area contributed by atoms with Crippen molar-refractivity contribution in [2.45, 2.75) is 25.9 Å². The van der Waals surface area contributed by atoms with Gasteiger partial charge in [0.25, 0.3) is 0 Å². The molecule has 0 spiro atoms. The molecule has 2 aliphatic rings. The number of H-pyrrole nitrogens is 1. The van der Waals surface area contributed by atoms with Gasteiger partial charge in [-0.25, -0.2) is 9.78 Å². The van der Waals surface area contributed by atoms with Crippen LogP contribution in [0, 0.1) is 17.8 Å². The van der Waals surface area contributed by atoms with Gasteiger partial charge >= 0.3 is 12.5 Å². The van der Waals surface area contributed by atoms with Gasteiger partial charge in [0.2, 0.25) is 5.88 Å². The summed E-state index contributed by atoms with van der Waals surface area (Å²) in [6, 6.07) is 5.90. The average Bonchev–Trinajstić information content (AvgIpc) is 3.33. The van der Waals surface area contributed by atoms with Gasteiger partial charge in [-0.3, -0.25) is 10.00 Å². The molecule has 1 aliphatic heterocycles. The second-order valence-electron chi connectivity index (χ2n) is 9.47. The molecule has 3 atom stereocenters. The topological polar surface area (TPSA) is 88.5 Å². The molecule has 36 heavy (non-hydrogen) atoms. The second-order valence-corrected chi connectivity index (χ2v) is 9.47. The van der Waals surface area contributed by atoms with E-state index in [1.807, 2.05) is 12.4 Å². The predicted octanol–water partition coefficient (Wildman–Crippen LogP) is 3.98. The summed E-state index contributed by atoms with van der Waals surface area (Å²) < 4.78 is 49.2. The predicted molar refractivity (Wildman–Crippen MR) is 122 cm³/mol. The maximum atomic E-state index is 13.1. The molecule has 9 nitrogen and oxygen atoms in total. The summed E-state index contributed by atoms with van der Waals surface area (Å²) in [5.41, 5.74) is 1.64. The minimum atomic E-state index is -4.79. The fourth-order valence-corrected chi connectivity index (χ4v) is 5.08. The Morgan fingerprint density at radius 2 is 2.08 bits per heavy atom. The molecule has 3 aromatic rings. The molecule has 1 aliphatic carbocycles. The second kappa shape index (κ2) is 9.49. The number of aromatic amines is 1. The monoisotopic (exact) mass is 504 g/mol. The van der Waals surface area contributed by atoms with E-state index in [0.29, 0.717) is 29.9 Å². The number of rotatable bonds is 8. The number of nitrogens with zero attached hydrogens (tertiary/aromatic N) is 5. The molecule has 12 heteroatoms. The van der Waals surface area contributed by atoms with Crippen LogP contribution in [0.5, 0.6) is 11.6 Å². The van der Waals surface area contributed by atoms with Gasteiger partial charge in [0.15, 0.2) is 0 Å². The van der Waals surface area contributed by atoms with Crippen molar-refractivity contribution in [3.05, 3.63) is 60.3 Å². The summed E-state index contributed by atoms with van der Waals surface area (Å²) >= 11 is 0. The first-order valence-electron chi connectivity index (χ1n) is 11.7. The third-order valence-corrected chi connectivity index (χ3v) is 7.02. The quantitative estimate of drug-likeness (QED) is 0.499. The molecule has 3 heterocycles. The number of hydrogen-bond donors (Lipinski definition) is 1. The Morgan fingerprint density at radius 1 is 1.31 bits per heavy atom. The van der Waals surface area contributed by atoms with E-state index in [9.17, 15) is 18.0 Å². The van der Waals surface area contributed by atoms with Crippen molar-refractivity contribution in [1.29, 1.82) is 0 Å². The van der Waals surface area contributed by atoms with E-state index in [4.69, 9.17) is 4.74 Å². The third kappa shape index (κ3) is 5.48. The smallest absolute Gasteiger partial charge is 0.406 e. The Hall–Kier alpha value is -3.54. The minimum Gasteiger partial charge on any atom is -0.406 e. The standard InChI is InChI=1S/C24H27F3N6O3/c1-15(17-7-29-30-8-17)32-10-19-20(11-32)21(19)12-33(23(34)35-22-13-31(2)14-28-22)9-16-4-3-5-18(6-16)36-24(25,26)27/h3-8,13-15,19-21H,9-12H2,1-2H3,(H,29,30). The van der Waals surface area contributed by atoms with Gasteiger partial charge in [0.1, 0.15) is 5.75 Å². The first kappa shape index (κ1) is 24.2. The lowest BCUT2D eigenvalue weighted by Gasteiger charge is -2.28. The zero-order chi connectivity index (χ0) is 25.4. The number of likely N-dealkylation sites (tertiary alicyclic amines) is 1. The number of halogens is 3. The van der Waals surface area contributed by atoms with Crippen molar-refractivity contribution in [3.63, 3.8) is 0 Å². The number of aryl methyl sites for hydroxylation is 1. The van der Waals surface area contributed by atoms with Crippen LogP contribution >= 0.6 is 0 Å². The highest BCUT2D eigenvalue weighted by atomic mass is 19.4. The Kier molecular flexibility index (Phi) is 6.37. The maximum Gasteiger partial charge on any atom is 0.573 e. The van der Waals surface area contributed by atoms with E-state index in [-0.39, 0.29) is 24.2 Å². The fraction of sp³-hybridized carbons (Fsp3) is 0.458. The molecule has 5 rings (SSSR count). The van der Waals surface area contributed by atoms with Crippen molar-refractivity contribution in [1.82, 2.24) is 29.5 Å². The van der Waals surface area contributed by atoms with E-state index in [2.05, 4.69) is 31.7 Å². The molecular formula is C24H27F3N6O3. The number of amides is 1. The lowest BCUT2D eigenvalue weighted by Crippen LogP contribution is -2.37. The first-order chi connectivity index (χ1) is 17.2. The van der Waals surface area contributed by atoms with Crippen molar-refractivity contribution in [2.75, 3.05) is 19.6 Å². The molecule has 1 amide bonds. The molecule has 1 saturated heterocycles. The fourth-order valence-electron chi connectivity index (χ4n) is 5.08. The number of imidazole rings is 1. The molecule has 1 aromatic carbocycles. The van der Waals surface area contributed by atoms with Gasteiger partial charge in [-0.1, -0.05) is 12.1 Å². The summed E-state index contributed by atoms with van der Waals surface area (Å²) in [6.45, 7) is 4.52. The normalized spacial score (nSPS) is 22.2. The Morgan fingerprint density at radius 3 is 2.72 bits per heavy atom. The lowest BCUT2D eigenvalue weighted by atomic mass is 10.1. The number of hydrogen-bond acceptors (Lipinski definition) is 6. The summed E-state index contributed by atoms with van der Waals surface area (Å²) in [6.07, 6.45) is 1.45. The summed E-state index contributed by atoms with van der Waals surface area (Å²) in [4.78, 5) is 21.1. The van der Waals surface area contributed by atoms with Crippen LogP contribution in [0.25, 0.3) is 0 Å². The maximum absolute atomic E-state index is 13.1. The van der Waals surface area contributed by atoms with Crippen LogP contribution in [0.1, 0.15) is 24.1 Å². The van der Waals surface area contributed by atoms with Crippen molar-refractivity contribution in [2.24, 2.45) is 24.8 Å². The number of alkyl halides is 3. The van der Waals surface area contributed by atoms with E-state index in [0.717, 1.165) is 18.7 Å². The summed E-state index contributed by atoms with van der Waals surface area (Å²) in [5, 5.41) is 6.88. The molecule has 1 N–H and O–H groups in total. The van der Waals surface area contributed by atoms with Crippen molar-refractivity contribution in [3.8, 4) is 11.6 Å². The number of benzene rings is 1. The molecule has 2 aromatic heterocycles. The Balaban J connectivity index is 1.26. The summed E-state index contributed by atoms with van der Waals surface area (Å²) in [7, 11) is 1.76. The van der Waals surface area contributed by atoms with Gasteiger partial charge in [0, 0.05) is 51.0 Å². The number of aromatic nitrogens is 4. The molecule has 1 saturated carbocycles. The molecule has 0 radical (unpaired) electrons. The third-order valence-electron chi connectivity index (χ3n) is 7.02. The molecule has 0 bridgehead atoms. The highest BCUT2D eigenvalue weighted by Gasteiger charge is 2.56. The van der Waals surface area contributed by atoms with Gasteiger partial charge in [0.05, 0.1) is 18.7 Å². The van der Waals surface area contributed by atoms with Crippen LogP contribution in [-0.4, -0.2) is 61.6 Å². The van der Waals surface area contributed by atoms with Gasteiger partial charge < -0.3 is 18.9 Å². The van der Waals surface area contributed by atoms with Gasteiger partial charge in [-0.05, 0) is 42.4 Å². The zero-order valence-corrected chi connectivity index (χ0v) is 19.9. The van der Waals surface area contributed by atoms with Crippen LogP contribution in [-0.2, 0) is 13.6 Å². The van der Waals surface area contributed by atoms with Crippen LogP contribution in [0.2, 0.25) is 0 Å². The molecular weight excluding hydrogens is 477 g/mol. The minimum absolute atomic E-state index is 0.0891. The number of carbonyl (C=O) groups is 1. The van der Waals surface area contributed by atoms with E-state index >= 15 is 0 Å². The van der Waals surface area contributed by atoms with Crippen LogP contribution < -0.4 is 9.47 Å². The zero-order valence-electron chi connectivity index (χ0n) is 19.9. The van der Waals surface area contributed by atoms with Crippen molar-refractivity contribution >= 4 is 6.09 Å². The van der Waals surface area contributed by atoms with Crippen molar-refractivity contribution < 1.29 is 27.4 Å². The van der Waals surface area contributed by atoms with Gasteiger partial charge in [-0.15, -0.1) is 13.2 Å². The van der Waals surface area contributed by atoms with Crippen LogP contribution in [0.4, 0.5) is 18.0 Å². The Bertz CT molecular complexity index is 1190. The number of nitrogens with one attached hydrogen (secondary N) is 1. The van der Waals surface area contributed by atoms with Gasteiger partial charge in [-0.2, -0.15) is 5.10 Å². The highest BCUT2D eigenvalue weighted by Crippen LogP contribution is 2.53.